The van der Waals surface area contributed by atoms with Crippen molar-refractivity contribution in [2.45, 2.75) is 50.8 Å². The van der Waals surface area contributed by atoms with Crippen LogP contribution in [0.2, 0.25) is 0 Å². The molecule has 13 heteroatoms. The summed E-state index contributed by atoms with van der Waals surface area (Å²) in [5.41, 5.74) is 2.66. The second kappa shape index (κ2) is 12.2. The van der Waals surface area contributed by atoms with Crippen LogP contribution in [0.25, 0.3) is 11.2 Å². The zero-order chi connectivity index (χ0) is 29.1. The number of carboxylic acids is 1. The molecule has 4 heterocycles. The van der Waals surface area contributed by atoms with Crippen molar-refractivity contribution in [1.29, 1.82) is 0 Å². The van der Waals surface area contributed by atoms with Crippen LogP contribution in [-0.2, 0) is 32.0 Å². The molecule has 2 aliphatic rings. The molecular weight excluding hydrogens is 544 g/mol. The second-order valence-corrected chi connectivity index (χ2v) is 9.89. The Morgan fingerprint density at radius 3 is 2.60 bits per heavy atom. The maximum absolute atomic E-state index is 12.1. The van der Waals surface area contributed by atoms with E-state index in [1.807, 2.05) is 37.3 Å². The third-order valence-corrected chi connectivity index (χ3v) is 7.14. The largest absolute Gasteiger partial charge is 0.478 e. The number of hydrogen-bond acceptors (Lipinski definition) is 9. The van der Waals surface area contributed by atoms with Crippen LogP contribution in [-0.4, -0.2) is 74.4 Å². The van der Waals surface area contributed by atoms with Gasteiger partial charge in [0.25, 0.3) is 0 Å². The van der Waals surface area contributed by atoms with Crippen LogP contribution < -0.4 is 10.6 Å². The van der Waals surface area contributed by atoms with Crippen LogP contribution in [0, 0.1) is 0 Å². The lowest BCUT2D eigenvalue weighted by Crippen LogP contribution is -2.32. The SMILES string of the molecule is CCNC(=O)Nc1ncnc2c1ncn2[C@@H]1O[C@H](COCc2ccccc2C(=O)O)[C@@H]2O[C@H](Cc3ccccc3)OC21. The molecule has 42 heavy (non-hydrogen) atoms. The van der Waals surface area contributed by atoms with E-state index in [1.165, 1.54) is 6.33 Å². The van der Waals surface area contributed by atoms with Gasteiger partial charge in [-0.3, -0.25) is 9.88 Å². The number of amides is 2. The highest BCUT2D eigenvalue weighted by atomic mass is 16.8. The number of nitrogens with one attached hydrogen (secondary N) is 2. The number of carbonyl (C=O) groups excluding carboxylic acids is 1. The summed E-state index contributed by atoms with van der Waals surface area (Å²) >= 11 is 0. The van der Waals surface area contributed by atoms with E-state index in [4.69, 9.17) is 18.9 Å². The summed E-state index contributed by atoms with van der Waals surface area (Å²) < 4.78 is 26.9. The van der Waals surface area contributed by atoms with Crippen molar-refractivity contribution in [2.75, 3.05) is 18.5 Å². The van der Waals surface area contributed by atoms with Gasteiger partial charge in [-0.05, 0) is 24.1 Å². The third-order valence-electron chi connectivity index (χ3n) is 7.14. The molecule has 13 nitrogen and oxygen atoms in total. The fourth-order valence-electron chi connectivity index (χ4n) is 5.24. The Balaban J connectivity index is 1.23. The molecule has 2 fully saturated rings. The summed E-state index contributed by atoms with van der Waals surface area (Å²) in [7, 11) is 0. The van der Waals surface area contributed by atoms with E-state index in [-0.39, 0.29) is 24.6 Å². The van der Waals surface area contributed by atoms with E-state index in [0.29, 0.717) is 29.7 Å². The molecule has 2 aromatic carbocycles. The maximum atomic E-state index is 12.1. The zero-order valence-electron chi connectivity index (χ0n) is 22.8. The summed E-state index contributed by atoms with van der Waals surface area (Å²) in [4.78, 5) is 36.8. The van der Waals surface area contributed by atoms with E-state index in [1.54, 1.807) is 35.2 Å². The van der Waals surface area contributed by atoms with Gasteiger partial charge in [-0.1, -0.05) is 48.5 Å². The topological polar surface area (TPSA) is 159 Å². The van der Waals surface area contributed by atoms with E-state index in [0.717, 1.165) is 5.56 Å². The summed E-state index contributed by atoms with van der Waals surface area (Å²) in [5, 5.41) is 14.9. The fraction of sp³-hybridized carbons (Fsp3) is 0.345. The number of ether oxygens (including phenoxy) is 4. The molecule has 2 aromatic heterocycles. The number of nitrogens with zero attached hydrogens (tertiary/aromatic N) is 4. The Hall–Kier alpha value is -4.43. The summed E-state index contributed by atoms with van der Waals surface area (Å²) in [6.45, 7) is 2.51. The van der Waals surface area contributed by atoms with Gasteiger partial charge >= 0.3 is 12.0 Å². The van der Waals surface area contributed by atoms with Crippen LogP contribution in [0.4, 0.5) is 10.6 Å². The van der Waals surface area contributed by atoms with Gasteiger partial charge in [0.15, 0.2) is 29.5 Å². The molecule has 4 aromatic rings. The van der Waals surface area contributed by atoms with Crippen molar-refractivity contribution in [3.05, 3.63) is 83.9 Å². The smallest absolute Gasteiger partial charge is 0.336 e. The minimum Gasteiger partial charge on any atom is -0.478 e. The average molecular weight is 575 g/mol. The van der Waals surface area contributed by atoms with Gasteiger partial charge in [-0.15, -0.1) is 0 Å². The third kappa shape index (κ3) is 5.67. The van der Waals surface area contributed by atoms with Gasteiger partial charge < -0.3 is 29.4 Å². The predicted molar refractivity (Wildman–Crippen MR) is 149 cm³/mol. The van der Waals surface area contributed by atoms with Crippen molar-refractivity contribution in [1.82, 2.24) is 24.8 Å². The minimum atomic E-state index is -1.02. The maximum Gasteiger partial charge on any atom is 0.336 e. The molecule has 2 amide bonds. The Kier molecular flexibility index (Phi) is 8.06. The predicted octanol–water partition coefficient (Wildman–Crippen LogP) is 3.13. The summed E-state index contributed by atoms with van der Waals surface area (Å²) in [5.74, 6) is -0.750. The minimum absolute atomic E-state index is 0.0920. The Morgan fingerprint density at radius 1 is 1.00 bits per heavy atom. The van der Waals surface area contributed by atoms with Gasteiger partial charge in [-0.25, -0.2) is 24.5 Å². The first-order valence-electron chi connectivity index (χ1n) is 13.6. The molecule has 6 rings (SSSR count). The van der Waals surface area contributed by atoms with Gasteiger partial charge in [0.2, 0.25) is 0 Å². The van der Waals surface area contributed by atoms with Gasteiger partial charge in [-0.2, -0.15) is 0 Å². The van der Waals surface area contributed by atoms with Crippen LogP contribution in [0.3, 0.4) is 0 Å². The molecule has 0 saturated carbocycles. The number of aromatic nitrogens is 4. The van der Waals surface area contributed by atoms with Crippen molar-refractivity contribution in [3.63, 3.8) is 0 Å². The lowest BCUT2D eigenvalue weighted by atomic mass is 10.1. The number of fused-ring (bicyclic) bond motifs is 2. The zero-order valence-corrected chi connectivity index (χ0v) is 22.8. The molecule has 0 radical (unpaired) electrons. The van der Waals surface area contributed by atoms with E-state index in [2.05, 4.69) is 25.6 Å². The molecule has 0 spiro atoms. The van der Waals surface area contributed by atoms with Crippen molar-refractivity contribution < 1.29 is 33.6 Å². The molecule has 2 aliphatic heterocycles. The number of aromatic carboxylic acids is 1. The molecule has 1 unspecified atom stereocenters. The van der Waals surface area contributed by atoms with Crippen LogP contribution in [0.5, 0.6) is 0 Å². The Bertz CT molecular complexity index is 1560. The van der Waals surface area contributed by atoms with Crippen LogP contribution in [0.1, 0.15) is 34.6 Å². The molecule has 0 bridgehead atoms. The number of benzene rings is 2. The first-order valence-corrected chi connectivity index (χ1v) is 13.6. The standard InChI is InChI=1S/C29H30N6O7/c1-2-30-29(38)34-25-22-26(32-15-31-25)35(16-33-22)27-24-23(41-21(42-24)12-17-8-4-3-5-9-17)20(40-27)14-39-13-18-10-6-7-11-19(18)28(36)37/h3-11,15-16,20-21,23-24,27H,2,12-14H2,1H3,(H,36,37)(H2,30,31,32,34,38)/t20-,21+,23+,24?,27-/m1/s1. The van der Waals surface area contributed by atoms with E-state index in [9.17, 15) is 14.7 Å². The lowest BCUT2D eigenvalue weighted by molar-refractivity contribution is -0.154. The average Bonchev–Trinajstić information content (AvgIpc) is 3.69. The fourth-order valence-corrected chi connectivity index (χ4v) is 5.24. The molecule has 218 valence electrons. The van der Waals surface area contributed by atoms with Gasteiger partial charge in [0, 0.05) is 13.0 Å². The summed E-state index contributed by atoms with van der Waals surface area (Å²) in [6, 6.07) is 16.2. The number of imidazole rings is 1. The van der Waals surface area contributed by atoms with E-state index < -0.39 is 42.8 Å². The van der Waals surface area contributed by atoms with Crippen LogP contribution in [0.15, 0.2) is 67.3 Å². The summed E-state index contributed by atoms with van der Waals surface area (Å²) in [6.07, 6.45) is 0.800. The molecule has 3 N–H and O–H groups in total. The first-order chi connectivity index (χ1) is 20.5. The Labute approximate surface area is 240 Å². The van der Waals surface area contributed by atoms with Gasteiger partial charge in [0.1, 0.15) is 24.6 Å². The van der Waals surface area contributed by atoms with E-state index >= 15 is 0 Å². The number of urea groups is 1. The van der Waals surface area contributed by atoms with Crippen LogP contribution >= 0.6 is 0 Å². The first kappa shape index (κ1) is 27.7. The number of rotatable bonds is 10. The molecule has 0 aliphatic carbocycles. The number of carbonyl (C=O) groups is 2. The Morgan fingerprint density at radius 2 is 1.79 bits per heavy atom. The highest BCUT2D eigenvalue weighted by Crippen LogP contribution is 2.41. The molecule has 2 saturated heterocycles. The molecule has 5 atom stereocenters. The highest BCUT2D eigenvalue weighted by Gasteiger charge is 2.53. The van der Waals surface area contributed by atoms with Crippen molar-refractivity contribution >= 4 is 29.0 Å². The highest BCUT2D eigenvalue weighted by molar-refractivity contribution is 5.95. The van der Waals surface area contributed by atoms with Gasteiger partial charge in [0.05, 0.1) is 25.1 Å². The number of hydrogen-bond donors (Lipinski definition) is 3. The monoisotopic (exact) mass is 574 g/mol. The van der Waals surface area contributed by atoms with Crippen molar-refractivity contribution in [2.24, 2.45) is 0 Å². The second-order valence-electron chi connectivity index (χ2n) is 9.89. The normalized spacial score (nSPS) is 23.1. The number of anilines is 1. The lowest BCUT2D eigenvalue weighted by Gasteiger charge is -2.21. The molecular formula is C29H30N6O7. The quantitative estimate of drug-likeness (QED) is 0.257. The number of carboxylic acid groups (broad SMARTS) is 1. The van der Waals surface area contributed by atoms with Crippen molar-refractivity contribution in [3.8, 4) is 0 Å².